The molecule has 0 aliphatic carbocycles. The van der Waals surface area contributed by atoms with Gasteiger partial charge in [-0.2, -0.15) is 18.2 Å². The summed E-state index contributed by atoms with van der Waals surface area (Å²) in [6, 6.07) is 10.8. The van der Waals surface area contributed by atoms with E-state index in [0.717, 1.165) is 11.8 Å². The SMILES string of the molecule is COC[C@@H](NC(=O)c1ccc(-c2noc(C(F)(F)F)n2)nc1)C(=O)NCc1ccccc1. The molecule has 0 spiro atoms. The molecule has 2 heterocycles. The molecule has 32 heavy (non-hydrogen) atoms. The number of pyridine rings is 1. The Morgan fingerprint density at radius 1 is 1.16 bits per heavy atom. The Kier molecular flexibility index (Phi) is 7.15. The summed E-state index contributed by atoms with van der Waals surface area (Å²) in [4.78, 5) is 32.1. The van der Waals surface area contributed by atoms with E-state index in [9.17, 15) is 22.8 Å². The van der Waals surface area contributed by atoms with Crippen LogP contribution in [0.3, 0.4) is 0 Å². The van der Waals surface area contributed by atoms with Gasteiger partial charge in [0.1, 0.15) is 11.7 Å². The van der Waals surface area contributed by atoms with Crippen molar-refractivity contribution in [3.8, 4) is 11.5 Å². The Balaban J connectivity index is 1.63. The number of ether oxygens (including phenoxy) is 1. The van der Waals surface area contributed by atoms with E-state index in [2.05, 4.69) is 30.3 Å². The van der Waals surface area contributed by atoms with E-state index in [1.54, 1.807) is 0 Å². The third-order valence-corrected chi connectivity index (χ3v) is 4.19. The van der Waals surface area contributed by atoms with Crippen molar-refractivity contribution in [2.45, 2.75) is 18.8 Å². The molecule has 0 unspecified atom stereocenters. The molecule has 2 aromatic heterocycles. The molecule has 2 N–H and O–H groups in total. The van der Waals surface area contributed by atoms with Crippen LogP contribution in [0.25, 0.3) is 11.5 Å². The molecule has 0 aliphatic heterocycles. The first-order valence-electron chi connectivity index (χ1n) is 9.26. The van der Waals surface area contributed by atoms with Gasteiger partial charge >= 0.3 is 12.1 Å². The van der Waals surface area contributed by atoms with Gasteiger partial charge in [-0.25, -0.2) is 0 Å². The molecule has 0 fully saturated rings. The summed E-state index contributed by atoms with van der Waals surface area (Å²) in [6.45, 7) is 0.206. The summed E-state index contributed by atoms with van der Waals surface area (Å²) in [5.74, 6) is -2.94. The summed E-state index contributed by atoms with van der Waals surface area (Å²) in [5, 5.41) is 8.49. The van der Waals surface area contributed by atoms with Gasteiger partial charge in [-0.1, -0.05) is 35.5 Å². The Hall–Kier alpha value is -3.80. The topological polar surface area (TPSA) is 119 Å². The van der Waals surface area contributed by atoms with Crippen LogP contribution in [0, 0.1) is 0 Å². The van der Waals surface area contributed by atoms with Gasteiger partial charge in [-0.05, 0) is 17.7 Å². The smallest absolute Gasteiger partial charge is 0.382 e. The minimum absolute atomic E-state index is 0.0187. The highest BCUT2D eigenvalue weighted by molar-refractivity contribution is 5.97. The number of amides is 2. The van der Waals surface area contributed by atoms with Crippen molar-refractivity contribution in [1.82, 2.24) is 25.8 Å². The minimum Gasteiger partial charge on any atom is -0.382 e. The van der Waals surface area contributed by atoms with Gasteiger partial charge in [0, 0.05) is 19.9 Å². The van der Waals surface area contributed by atoms with Gasteiger partial charge in [-0.3, -0.25) is 14.6 Å². The highest BCUT2D eigenvalue weighted by Gasteiger charge is 2.38. The van der Waals surface area contributed by atoms with E-state index in [0.29, 0.717) is 0 Å². The van der Waals surface area contributed by atoms with Crippen LogP contribution in [-0.4, -0.2) is 46.7 Å². The van der Waals surface area contributed by atoms with Crippen LogP contribution in [0.2, 0.25) is 0 Å². The van der Waals surface area contributed by atoms with Crippen LogP contribution < -0.4 is 10.6 Å². The van der Waals surface area contributed by atoms with Gasteiger partial charge in [0.2, 0.25) is 11.7 Å². The molecular formula is C20H18F3N5O4. The molecule has 168 valence electrons. The van der Waals surface area contributed by atoms with Crippen LogP contribution in [0.1, 0.15) is 21.8 Å². The van der Waals surface area contributed by atoms with E-state index < -0.39 is 29.9 Å². The number of carbonyl (C=O) groups excluding carboxylic acids is 2. The van der Waals surface area contributed by atoms with Crippen molar-refractivity contribution in [1.29, 1.82) is 0 Å². The molecular weight excluding hydrogens is 431 g/mol. The fraction of sp³-hybridized carbons (Fsp3) is 0.250. The molecule has 0 saturated heterocycles. The maximum atomic E-state index is 12.6. The number of nitrogens with one attached hydrogen (secondary N) is 2. The fourth-order valence-electron chi connectivity index (χ4n) is 2.60. The van der Waals surface area contributed by atoms with E-state index in [1.165, 1.54) is 19.2 Å². The average molecular weight is 449 g/mol. The van der Waals surface area contributed by atoms with Crippen molar-refractivity contribution in [3.63, 3.8) is 0 Å². The quantitative estimate of drug-likeness (QED) is 0.541. The monoisotopic (exact) mass is 449 g/mol. The van der Waals surface area contributed by atoms with Crippen molar-refractivity contribution in [3.05, 3.63) is 65.7 Å². The Morgan fingerprint density at radius 3 is 2.50 bits per heavy atom. The van der Waals surface area contributed by atoms with Crippen LogP contribution in [0.15, 0.2) is 53.2 Å². The summed E-state index contributed by atoms with van der Waals surface area (Å²) in [5.41, 5.74) is 0.943. The van der Waals surface area contributed by atoms with E-state index in [-0.39, 0.29) is 30.2 Å². The molecule has 0 bridgehead atoms. The summed E-state index contributed by atoms with van der Waals surface area (Å²) in [7, 11) is 1.39. The maximum Gasteiger partial charge on any atom is 0.471 e. The second kappa shape index (κ2) is 10.0. The zero-order valence-corrected chi connectivity index (χ0v) is 16.7. The molecule has 0 radical (unpaired) electrons. The lowest BCUT2D eigenvalue weighted by atomic mass is 10.2. The Labute approximate surface area is 180 Å². The van der Waals surface area contributed by atoms with Gasteiger partial charge < -0.3 is 19.9 Å². The van der Waals surface area contributed by atoms with Crippen LogP contribution in [0.5, 0.6) is 0 Å². The van der Waals surface area contributed by atoms with Gasteiger partial charge in [-0.15, -0.1) is 0 Å². The number of halogens is 3. The Morgan fingerprint density at radius 2 is 1.91 bits per heavy atom. The molecule has 12 heteroatoms. The molecule has 9 nitrogen and oxygen atoms in total. The number of nitrogens with zero attached hydrogens (tertiary/aromatic N) is 3. The molecule has 0 saturated carbocycles. The molecule has 1 atom stereocenters. The first kappa shape index (κ1) is 22.9. The van der Waals surface area contributed by atoms with Crippen LogP contribution in [-0.2, 0) is 22.3 Å². The van der Waals surface area contributed by atoms with Crippen LogP contribution >= 0.6 is 0 Å². The number of hydrogen-bond donors (Lipinski definition) is 2. The van der Waals surface area contributed by atoms with E-state index in [4.69, 9.17) is 4.74 Å². The van der Waals surface area contributed by atoms with Gasteiger partial charge in [0.15, 0.2) is 0 Å². The summed E-state index contributed by atoms with van der Waals surface area (Å²) >= 11 is 0. The maximum absolute atomic E-state index is 12.6. The highest BCUT2D eigenvalue weighted by atomic mass is 19.4. The number of methoxy groups -OCH3 is 1. The number of aromatic nitrogens is 3. The minimum atomic E-state index is -4.78. The molecule has 0 aliphatic rings. The normalized spacial score (nSPS) is 12.2. The first-order valence-corrected chi connectivity index (χ1v) is 9.26. The second-order valence-electron chi connectivity index (χ2n) is 6.54. The number of carbonyl (C=O) groups is 2. The van der Waals surface area contributed by atoms with Crippen molar-refractivity contribution in [2.24, 2.45) is 0 Å². The standard InChI is InChI=1S/C20H18F3N5O4/c1-31-11-15(18(30)25-9-12-5-3-2-4-6-12)26-17(29)13-7-8-14(24-10-13)16-27-19(32-28-16)20(21,22)23/h2-8,10,15H,9,11H2,1H3,(H,25,30)(H,26,29)/t15-/m1/s1. The van der Waals surface area contributed by atoms with E-state index >= 15 is 0 Å². The zero-order chi connectivity index (χ0) is 23.1. The summed E-state index contributed by atoms with van der Waals surface area (Å²) < 4.78 is 46.9. The fourth-order valence-corrected chi connectivity index (χ4v) is 2.60. The second-order valence-corrected chi connectivity index (χ2v) is 6.54. The van der Waals surface area contributed by atoms with Crippen LogP contribution in [0.4, 0.5) is 13.2 Å². The zero-order valence-electron chi connectivity index (χ0n) is 16.7. The number of rotatable bonds is 8. The van der Waals surface area contributed by atoms with Gasteiger partial charge in [0.25, 0.3) is 5.91 Å². The van der Waals surface area contributed by atoms with Crippen molar-refractivity contribution in [2.75, 3.05) is 13.7 Å². The summed E-state index contributed by atoms with van der Waals surface area (Å²) in [6.07, 6.45) is -3.65. The predicted molar refractivity (Wildman–Crippen MR) is 104 cm³/mol. The molecule has 3 aromatic rings. The third-order valence-electron chi connectivity index (χ3n) is 4.19. The van der Waals surface area contributed by atoms with Gasteiger partial charge in [0.05, 0.1) is 12.2 Å². The van der Waals surface area contributed by atoms with E-state index in [1.807, 2.05) is 30.3 Å². The van der Waals surface area contributed by atoms with Crippen molar-refractivity contribution >= 4 is 11.8 Å². The number of alkyl halides is 3. The molecule has 2 amide bonds. The predicted octanol–water partition coefficient (Wildman–Crippen LogP) is 2.21. The van der Waals surface area contributed by atoms with Crippen molar-refractivity contribution < 1.29 is 32.0 Å². The lowest BCUT2D eigenvalue weighted by Crippen LogP contribution is -2.49. The lowest BCUT2D eigenvalue weighted by molar-refractivity contribution is -0.159. The third kappa shape index (κ3) is 5.88. The number of hydrogen-bond acceptors (Lipinski definition) is 7. The number of benzene rings is 1. The largest absolute Gasteiger partial charge is 0.471 e. The Bertz CT molecular complexity index is 1060. The highest BCUT2D eigenvalue weighted by Crippen LogP contribution is 2.28. The average Bonchev–Trinajstić information content (AvgIpc) is 3.29. The molecule has 1 aromatic carbocycles. The lowest BCUT2D eigenvalue weighted by Gasteiger charge is -2.17. The first-order chi connectivity index (χ1) is 15.3. The molecule has 3 rings (SSSR count).